The van der Waals surface area contributed by atoms with Gasteiger partial charge in [0.05, 0.1) is 25.2 Å². The quantitative estimate of drug-likeness (QED) is 0.901. The Hall–Kier alpha value is -2.14. The summed E-state index contributed by atoms with van der Waals surface area (Å²) in [7, 11) is 1.67. The van der Waals surface area contributed by atoms with E-state index in [2.05, 4.69) is 4.98 Å². The second kappa shape index (κ2) is 5.67. The van der Waals surface area contributed by atoms with Gasteiger partial charge in [-0.3, -0.25) is 9.36 Å². The topological polar surface area (TPSA) is 58.4 Å². The summed E-state index contributed by atoms with van der Waals surface area (Å²) in [5.41, 5.74) is 1.36. The zero-order valence-corrected chi connectivity index (χ0v) is 11.0. The van der Waals surface area contributed by atoms with E-state index < -0.39 is 0 Å². The van der Waals surface area contributed by atoms with Gasteiger partial charge in [0.15, 0.2) is 0 Å². The van der Waals surface area contributed by atoms with Gasteiger partial charge in [-0.2, -0.15) is 0 Å². The molecule has 2 rings (SSSR count). The summed E-state index contributed by atoms with van der Waals surface area (Å²) in [6.45, 7) is 1.73. The van der Waals surface area contributed by atoms with Crippen LogP contribution in [0.3, 0.4) is 0 Å². The number of rotatable bonds is 4. The van der Waals surface area contributed by atoms with Crippen molar-refractivity contribution >= 4 is 5.91 Å². The molecule has 1 heterocycles. The van der Waals surface area contributed by atoms with E-state index in [9.17, 15) is 4.79 Å². The van der Waals surface area contributed by atoms with Crippen LogP contribution in [-0.2, 0) is 0 Å². The zero-order valence-electron chi connectivity index (χ0n) is 11.0. The average molecular weight is 259 g/mol. The highest BCUT2D eigenvalue weighted by atomic mass is 16.3. The number of benzene rings is 1. The molecule has 0 radical (unpaired) electrons. The number of hydrogen-bond acceptors (Lipinski definition) is 3. The largest absolute Gasteiger partial charge is 0.394 e. The highest BCUT2D eigenvalue weighted by Gasteiger charge is 2.20. The number of hydrogen-bond donors (Lipinski definition) is 1. The van der Waals surface area contributed by atoms with Crippen molar-refractivity contribution in [3.05, 3.63) is 48.5 Å². The molecule has 1 N–H and O–H groups in total. The second-order valence-corrected chi connectivity index (χ2v) is 4.43. The standard InChI is InChI=1S/C14H17N3O2/c1-11(9-18)16(2)14(19)13-8-15-10-17(13)12-6-4-3-5-7-12/h3-8,10-11,18H,9H2,1-2H3. The molecule has 100 valence electrons. The van der Waals surface area contributed by atoms with Crippen molar-refractivity contribution in [3.8, 4) is 5.69 Å². The number of aromatic nitrogens is 2. The molecule has 19 heavy (non-hydrogen) atoms. The number of carbonyl (C=O) groups is 1. The first kappa shape index (κ1) is 13.3. The normalized spacial score (nSPS) is 12.2. The molecule has 0 aliphatic carbocycles. The van der Waals surface area contributed by atoms with Gasteiger partial charge < -0.3 is 10.0 Å². The summed E-state index contributed by atoms with van der Waals surface area (Å²) in [5, 5.41) is 9.12. The van der Waals surface area contributed by atoms with Crippen molar-refractivity contribution in [2.75, 3.05) is 13.7 Å². The van der Waals surface area contributed by atoms with Gasteiger partial charge in [-0.05, 0) is 19.1 Å². The van der Waals surface area contributed by atoms with Crippen LogP contribution in [0, 0.1) is 0 Å². The fourth-order valence-corrected chi connectivity index (χ4v) is 1.75. The third-order valence-electron chi connectivity index (χ3n) is 3.14. The number of imidazole rings is 1. The van der Waals surface area contributed by atoms with E-state index in [0.717, 1.165) is 5.69 Å². The molecule has 1 atom stereocenters. The maximum atomic E-state index is 12.4. The second-order valence-electron chi connectivity index (χ2n) is 4.43. The number of para-hydroxylation sites is 1. The van der Waals surface area contributed by atoms with Crippen molar-refractivity contribution in [1.82, 2.24) is 14.5 Å². The summed E-state index contributed by atoms with van der Waals surface area (Å²) in [6, 6.07) is 9.32. The minimum atomic E-state index is -0.230. The van der Waals surface area contributed by atoms with Gasteiger partial charge >= 0.3 is 0 Å². The van der Waals surface area contributed by atoms with E-state index in [-0.39, 0.29) is 18.6 Å². The Kier molecular flexibility index (Phi) is 3.97. The molecule has 1 unspecified atom stereocenters. The van der Waals surface area contributed by atoms with Crippen molar-refractivity contribution in [2.45, 2.75) is 13.0 Å². The minimum absolute atomic E-state index is 0.0677. The number of carbonyl (C=O) groups excluding carboxylic acids is 1. The molecule has 0 aliphatic rings. The molecular formula is C14H17N3O2. The molecule has 0 spiro atoms. The molecule has 0 aliphatic heterocycles. The smallest absolute Gasteiger partial charge is 0.272 e. The van der Waals surface area contributed by atoms with Crippen LogP contribution >= 0.6 is 0 Å². The van der Waals surface area contributed by atoms with Crippen LogP contribution < -0.4 is 0 Å². The fraction of sp³-hybridized carbons (Fsp3) is 0.286. The van der Waals surface area contributed by atoms with E-state index in [1.807, 2.05) is 30.3 Å². The first-order valence-corrected chi connectivity index (χ1v) is 6.11. The van der Waals surface area contributed by atoms with E-state index in [4.69, 9.17) is 5.11 Å². The Balaban J connectivity index is 2.33. The molecule has 0 bridgehead atoms. The first-order chi connectivity index (χ1) is 9.15. The van der Waals surface area contributed by atoms with Gasteiger partial charge in [0.25, 0.3) is 5.91 Å². The maximum Gasteiger partial charge on any atom is 0.272 e. The summed E-state index contributed by atoms with van der Waals surface area (Å²) >= 11 is 0. The maximum absolute atomic E-state index is 12.4. The molecule has 5 heteroatoms. The molecule has 1 amide bonds. The average Bonchev–Trinajstić information content (AvgIpc) is 2.95. The zero-order chi connectivity index (χ0) is 13.8. The van der Waals surface area contributed by atoms with E-state index in [1.165, 1.54) is 11.1 Å². The van der Waals surface area contributed by atoms with Crippen LogP contribution in [-0.4, -0.2) is 45.2 Å². The third kappa shape index (κ3) is 2.66. The van der Waals surface area contributed by atoms with Crippen LogP contribution in [0.2, 0.25) is 0 Å². The molecule has 0 saturated heterocycles. The Morgan fingerprint density at radius 2 is 2.11 bits per heavy atom. The lowest BCUT2D eigenvalue weighted by Crippen LogP contribution is -2.38. The SMILES string of the molecule is CC(CO)N(C)C(=O)c1cncn1-c1ccccc1. The number of amides is 1. The van der Waals surface area contributed by atoms with Gasteiger partial charge in [-0.1, -0.05) is 18.2 Å². The summed E-state index contributed by atoms with van der Waals surface area (Å²) in [5.74, 6) is -0.164. The monoisotopic (exact) mass is 259 g/mol. The highest BCUT2D eigenvalue weighted by Crippen LogP contribution is 2.13. The van der Waals surface area contributed by atoms with Crippen molar-refractivity contribution in [3.63, 3.8) is 0 Å². The van der Waals surface area contributed by atoms with E-state index >= 15 is 0 Å². The Bertz CT molecular complexity index is 551. The molecule has 0 fully saturated rings. The Morgan fingerprint density at radius 1 is 1.42 bits per heavy atom. The van der Waals surface area contributed by atoms with Crippen LogP contribution in [0.5, 0.6) is 0 Å². The van der Waals surface area contributed by atoms with Crippen LogP contribution in [0.25, 0.3) is 5.69 Å². The minimum Gasteiger partial charge on any atom is -0.394 e. The predicted molar refractivity (Wildman–Crippen MR) is 72.2 cm³/mol. The van der Waals surface area contributed by atoms with Gasteiger partial charge in [-0.25, -0.2) is 4.98 Å². The lowest BCUT2D eigenvalue weighted by Gasteiger charge is -2.23. The molecule has 5 nitrogen and oxygen atoms in total. The van der Waals surface area contributed by atoms with Gasteiger partial charge in [-0.15, -0.1) is 0 Å². The summed E-state index contributed by atoms with van der Waals surface area (Å²) < 4.78 is 1.74. The van der Waals surface area contributed by atoms with Crippen LogP contribution in [0.15, 0.2) is 42.9 Å². The molecule has 2 aromatic rings. The number of nitrogens with zero attached hydrogens (tertiary/aromatic N) is 3. The number of likely N-dealkylation sites (N-methyl/N-ethyl adjacent to an activating group) is 1. The summed E-state index contributed by atoms with van der Waals surface area (Å²) in [6.07, 6.45) is 3.15. The molecular weight excluding hydrogens is 242 g/mol. The Morgan fingerprint density at radius 3 is 2.74 bits per heavy atom. The molecule has 0 saturated carbocycles. The van der Waals surface area contributed by atoms with Crippen molar-refractivity contribution < 1.29 is 9.90 Å². The van der Waals surface area contributed by atoms with Crippen molar-refractivity contribution in [1.29, 1.82) is 0 Å². The van der Waals surface area contributed by atoms with Gasteiger partial charge in [0, 0.05) is 12.7 Å². The first-order valence-electron chi connectivity index (χ1n) is 6.11. The van der Waals surface area contributed by atoms with Crippen molar-refractivity contribution in [2.24, 2.45) is 0 Å². The third-order valence-corrected chi connectivity index (χ3v) is 3.14. The van der Waals surface area contributed by atoms with Gasteiger partial charge in [0.2, 0.25) is 0 Å². The molecule has 1 aromatic carbocycles. The highest BCUT2D eigenvalue weighted by molar-refractivity contribution is 5.93. The predicted octanol–water partition coefficient (Wildman–Crippen LogP) is 1.33. The number of aliphatic hydroxyl groups excluding tert-OH is 1. The van der Waals surface area contributed by atoms with Crippen LogP contribution in [0.4, 0.5) is 0 Å². The number of aliphatic hydroxyl groups is 1. The summed E-state index contributed by atoms with van der Waals surface area (Å²) in [4.78, 5) is 17.9. The Labute approximate surface area is 112 Å². The lowest BCUT2D eigenvalue weighted by atomic mass is 10.2. The van der Waals surface area contributed by atoms with Crippen LogP contribution in [0.1, 0.15) is 17.4 Å². The van der Waals surface area contributed by atoms with E-state index in [1.54, 1.807) is 24.9 Å². The fourth-order valence-electron chi connectivity index (χ4n) is 1.75. The van der Waals surface area contributed by atoms with E-state index in [0.29, 0.717) is 5.69 Å². The molecule has 1 aromatic heterocycles. The lowest BCUT2D eigenvalue weighted by molar-refractivity contribution is 0.0674. The van der Waals surface area contributed by atoms with Gasteiger partial charge in [0.1, 0.15) is 5.69 Å².